The number of rotatable bonds is 10. The molecule has 0 aliphatic rings. The number of aromatic nitrogens is 1. The number of unbranched alkanes of at least 4 members (excludes halogenated alkanes) is 4. The normalized spacial score (nSPS) is 12.4. The van der Waals surface area contributed by atoms with E-state index in [9.17, 15) is 0 Å². The molecule has 1 unspecified atom stereocenters. The fourth-order valence-corrected chi connectivity index (χ4v) is 2.21. The molecule has 1 aromatic heterocycles. The number of hydrogen-bond acceptors (Lipinski definition) is 3. The lowest BCUT2D eigenvalue weighted by Gasteiger charge is -2.18. The molecule has 0 fully saturated rings. The van der Waals surface area contributed by atoms with Gasteiger partial charge < -0.3 is 10.1 Å². The van der Waals surface area contributed by atoms with Crippen molar-refractivity contribution >= 4 is 5.69 Å². The van der Waals surface area contributed by atoms with E-state index in [-0.39, 0.29) is 6.10 Å². The molecule has 20 heavy (non-hydrogen) atoms. The minimum atomic E-state index is 0.148. The molecule has 1 atom stereocenters. The van der Waals surface area contributed by atoms with E-state index in [0.717, 1.165) is 5.69 Å². The largest absolute Gasteiger partial charge is 0.473 e. The van der Waals surface area contributed by atoms with Crippen molar-refractivity contribution < 1.29 is 4.74 Å². The Balaban J connectivity index is 2.39. The topological polar surface area (TPSA) is 34.2 Å². The molecule has 3 heteroatoms. The van der Waals surface area contributed by atoms with Gasteiger partial charge in [0.25, 0.3) is 0 Å². The lowest BCUT2D eigenvalue weighted by atomic mass is 10.1. The number of nitrogens with zero attached hydrogens (tertiary/aromatic N) is 1. The van der Waals surface area contributed by atoms with Gasteiger partial charge in [-0.15, -0.1) is 0 Å². The Morgan fingerprint density at radius 3 is 2.60 bits per heavy atom. The highest BCUT2D eigenvalue weighted by Crippen LogP contribution is 2.23. The Kier molecular flexibility index (Phi) is 8.08. The van der Waals surface area contributed by atoms with Crippen LogP contribution < -0.4 is 10.1 Å². The highest BCUT2D eigenvalue weighted by Gasteiger charge is 2.09. The number of anilines is 1. The molecule has 114 valence electrons. The van der Waals surface area contributed by atoms with E-state index in [2.05, 4.69) is 24.1 Å². The van der Waals surface area contributed by atoms with Crippen molar-refractivity contribution in [2.24, 2.45) is 0 Å². The summed E-state index contributed by atoms with van der Waals surface area (Å²) < 4.78 is 5.73. The van der Waals surface area contributed by atoms with E-state index < -0.39 is 0 Å². The van der Waals surface area contributed by atoms with Crippen molar-refractivity contribution in [3.8, 4) is 5.88 Å². The maximum Gasteiger partial charge on any atom is 0.237 e. The fourth-order valence-electron chi connectivity index (χ4n) is 2.21. The zero-order valence-corrected chi connectivity index (χ0v) is 13.5. The van der Waals surface area contributed by atoms with Crippen LogP contribution in [0.25, 0.3) is 0 Å². The first-order chi connectivity index (χ1) is 9.63. The molecule has 0 saturated carbocycles. The van der Waals surface area contributed by atoms with Gasteiger partial charge in [-0.1, -0.05) is 39.0 Å². The Morgan fingerprint density at radius 2 is 1.90 bits per heavy atom. The molecule has 0 amide bonds. The second-order valence-corrected chi connectivity index (χ2v) is 5.77. The third-order valence-electron chi connectivity index (χ3n) is 3.26. The van der Waals surface area contributed by atoms with Gasteiger partial charge in [0.15, 0.2) is 0 Å². The molecule has 3 nitrogen and oxygen atoms in total. The highest BCUT2D eigenvalue weighted by atomic mass is 16.5. The summed E-state index contributed by atoms with van der Waals surface area (Å²) >= 11 is 0. The molecule has 0 aliphatic carbocycles. The van der Waals surface area contributed by atoms with Gasteiger partial charge in [0.2, 0.25) is 5.88 Å². The van der Waals surface area contributed by atoms with Gasteiger partial charge in [-0.2, -0.15) is 0 Å². The van der Waals surface area contributed by atoms with Crippen molar-refractivity contribution in [2.75, 3.05) is 5.32 Å². The van der Waals surface area contributed by atoms with Gasteiger partial charge in [0.05, 0.1) is 11.8 Å². The van der Waals surface area contributed by atoms with Crippen LogP contribution >= 0.6 is 0 Å². The van der Waals surface area contributed by atoms with Gasteiger partial charge >= 0.3 is 0 Å². The van der Waals surface area contributed by atoms with Crippen molar-refractivity contribution in [3.05, 3.63) is 18.3 Å². The van der Waals surface area contributed by atoms with E-state index in [1.807, 2.05) is 26.0 Å². The molecule has 1 N–H and O–H groups in total. The van der Waals surface area contributed by atoms with Crippen LogP contribution in [-0.2, 0) is 0 Å². The maximum atomic E-state index is 5.73. The van der Waals surface area contributed by atoms with E-state index in [4.69, 9.17) is 4.74 Å². The summed E-state index contributed by atoms with van der Waals surface area (Å²) in [6.45, 7) is 8.53. The fraction of sp³-hybridized carbons (Fsp3) is 0.706. The quantitative estimate of drug-likeness (QED) is 0.609. The van der Waals surface area contributed by atoms with Crippen molar-refractivity contribution in [1.29, 1.82) is 0 Å². The third kappa shape index (κ3) is 6.78. The molecule has 1 aromatic rings. The summed E-state index contributed by atoms with van der Waals surface area (Å²) in [5, 5.41) is 3.52. The number of pyridine rings is 1. The zero-order valence-electron chi connectivity index (χ0n) is 13.5. The average molecular weight is 278 g/mol. The molecule has 1 rings (SSSR count). The van der Waals surface area contributed by atoms with Gasteiger partial charge in [0, 0.05) is 12.2 Å². The lowest BCUT2D eigenvalue weighted by molar-refractivity contribution is 0.234. The SMILES string of the molecule is CCCCCCCC(C)Nc1cccnc1OC(C)C. The van der Waals surface area contributed by atoms with E-state index in [0.29, 0.717) is 11.9 Å². The molecular formula is C17H30N2O. The summed E-state index contributed by atoms with van der Waals surface area (Å²) in [5.74, 6) is 0.709. The van der Waals surface area contributed by atoms with Crippen LogP contribution in [0.2, 0.25) is 0 Å². The lowest BCUT2D eigenvalue weighted by Crippen LogP contribution is -2.17. The van der Waals surface area contributed by atoms with Crippen molar-refractivity contribution in [2.45, 2.75) is 78.4 Å². The van der Waals surface area contributed by atoms with Crippen LogP contribution in [-0.4, -0.2) is 17.1 Å². The number of hydrogen-bond donors (Lipinski definition) is 1. The monoisotopic (exact) mass is 278 g/mol. The molecule has 0 bridgehead atoms. The molecule has 0 aliphatic heterocycles. The summed E-state index contributed by atoms with van der Waals surface area (Å²) in [7, 11) is 0. The van der Waals surface area contributed by atoms with Crippen LogP contribution in [0.3, 0.4) is 0 Å². The Hall–Kier alpha value is -1.25. The minimum absolute atomic E-state index is 0.148. The van der Waals surface area contributed by atoms with Crippen LogP contribution in [0, 0.1) is 0 Å². The first-order valence-corrected chi connectivity index (χ1v) is 8.01. The van der Waals surface area contributed by atoms with E-state index in [1.54, 1.807) is 6.20 Å². The molecule has 0 aromatic carbocycles. The van der Waals surface area contributed by atoms with Crippen LogP contribution in [0.5, 0.6) is 5.88 Å². The Morgan fingerprint density at radius 1 is 1.15 bits per heavy atom. The second-order valence-electron chi connectivity index (χ2n) is 5.77. The zero-order chi connectivity index (χ0) is 14.8. The van der Waals surface area contributed by atoms with E-state index in [1.165, 1.54) is 38.5 Å². The van der Waals surface area contributed by atoms with Gasteiger partial charge in [-0.3, -0.25) is 0 Å². The number of nitrogens with one attached hydrogen (secondary N) is 1. The summed E-state index contributed by atoms with van der Waals surface area (Å²) in [6, 6.07) is 4.44. The smallest absolute Gasteiger partial charge is 0.237 e. The molecular weight excluding hydrogens is 248 g/mol. The second kappa shape index (κ2) is 9.62. The molecule has 0 spiro atoms. The molecule has 0 saturated heterocycles. The first kappa shape index (κ1) is 16.8. The predicted octanol–water partition coefficient (Wildman–Crippen LogP) is 5.03. The first-order valence-electron chi connectivity index (χ1n) is 8.01. The Labute approximate surface area is 124 Å². The van der Waals surface area contributed by atoms with Crippen LogP contribution in [0.1, 0.15) is 66.2 Å². The number of ether oxygens (including phenoxy) is 1. The van der Waals surface area contributed by atoms with Gasteiger partial charge in [-0.25, -0.2) is 4.98 Å². The predicted molar refractivity (Wildman–Crippen MR) is 86.5 cm³/mol. The third-order valence-corrected chi connectivity index (χ3v) is 3.26. The van der Waals surface area contributed by atoms with Crippen LogP contribution in [0.15, 0.2) is 18.3 Å². The van der Waals surface area contributed by atoms with Gasteiger partial charge in [0.1, 0.15) is 0 Å². The Bertz CT molecular complexity index is 366. The summed E-state index contributed by atoms with van der Waals surface area (Å²) in [5.41, 5.74) is 1.00. The average Bonchev–Trinajstić information content (AvgIpc) is 2.40. The molecule has 1 heterocycles. The minimum Gasteiger partial charge on any atom is -0.473 e. The summed E-state index contributed by atoms with van der Waals surface area (Å²) in [6.07, 6.45) is 9.76. The van der Waals surface area contributed by atoms with Gasteiger partial charge in [-0.05, 0) is 39.3 Å². The van der Waals surface area contributed by atoms with Crippen molar-refractivity contribution in [3.63, 3.8) is 0 Å². The van der Waals surface area contributed by atoms with Crippen LogP contribution in [0.4, 0.5) is 5.69 Å². The summed E-state index contributed by atoms with van der Waals surface area (Å²) in [4.78, 5) is 4.31. The maximum absolute atomic E-state index is 5.73. The van der Waals surface area contributed by atoms with E-state index >= 15 is 0 Å². The highest BCUT2D eigenvalue weighted by molar-refractivity contribution is 5.52. The molecule has 0 radical (unpaired) electrons. The standard InChI is InChI=1S/C17H30N2O/c1-5-6-7-8-9-11-15(4)19-16-12-10-13-18-17(16)20-14(2)3/h10,12-15,19H,5-9,11H2,1-4H3. The van der Waals surface area contributed by atoms with Crippen molar-refractivity contribution in [1.82, 2.24) is 4.98 Å².